The molecule has 3 N–H and O–H groups in total. The lowest BCUT2D eigenvalue weighted by Gasteiger charge is -2.25. The van der Waals surface area contributed by atoms with E-state index in [0.29, 0.717) is 6.29 Å². The van der Waals surface area contributed by atoms with Crippen LogP contribution >= 0.6 is 0 Å². The molecule has 3 amide bonds. The first-order valence-corrected chi connectivity index (χ1v) is 12.6. The number of nitrogens with one attached hydrogen (secondary N) is 1. The normalized spacial score (nSPS) is 13.9. The maximum atomic E-state index is 15.8. The van der Waals surface area contributed by atoms with Gasteiger partial charge in [0.05, 0.1) is 17.8 Å². The van der Waals surface area contributed by atoms with Gasteiger partial charge < -0.3 is 20.1 Å². The number of nitrogens with two attached hydrogens (primary N) is 1. The van der Waals surface area contributed by atoms with E-state index in [2.05, 4.69) is 10.3 Å². The first-order chi connectivity index (χ1) is 18.5. The van der Waals surface area contributed by atoms with E-state index < -0.39 is 46.9 Å². The van der Waals surface area contributed by atoms with Crippen molar-refractivity contribution in [3.05, 3.63) is 46.8 Å². The van der Waals surface area contributed by atoms with E-state index in [-0.39, 0.29) is 53.2 Å². The summed E-state index contributed by atoms with van der Waals surface area (Å²) in [4.78, 5) is 66.6. The summed E-state index contributed by atoms with van der Waals surface area (Å²) in [5, 5.41) is 2.40. The number of hydrogen-bond acceptors (Lipinski definition) is 8. The van der Waals surface area contributed by atoms with Gasteiger partial charge in [-0.15, -0.1) is 0 Å². The predicted molar refractivity (Wildman–Crippen MR) is 143 cm³/mol. The Balaban J connectivity index is 1.88. The third-order valence-corrected chi connectivity index (χ3v) is 5.76. The van der Waals surface area contributed by atoms with Gasteiger partial charge >= 0.3 is 12.1 Å². The molecular weight excluding hydrogens is 523 g/mol. The largest absolute Gasteiger partial charge is 0.460 e. The number of pyridine rings is 1. The zero-order valence-electron chi connectivity index (χ0n) is 23.3. The molecule has 214 valence electrons. The number of rotatable bonds is 8. The van der Waals surface area contributed by atoms with Crippen molar-refractivity contribution in [1.82, 2.24) is 9.88 Å². The van der Waals surface area contributed by atoms with Gasteiger partial charge in [-0.1, -0.05) is 0 Å². The lowest BCUT2D eigenvalue weighted by Crippen LogP contribution is -2.45. The number of carbonyl (C=O) groups excluding carboxylic acids is 5. The van der Waals surface area contributed by atoms with Gasteiger partial charge in [-0.2, -0.15) is 0 Å². The van der Waals surface area contributed by atoms with Crippen LogP contribution in [0.4, 0.5) is 15.0 Å². The van der Waals surface area contributed by atoms with E-state index in [1.807, 2.05) is 0 Å². The molecule has 1 aliphatic heterocycles. The fourth-order valence-corrected chi connectivity index (χ4v) is 4.14. The Labute approximate surface area is 231 Å². The minimum atomic E-state index is -1.16. The summed E-state index contributed by atoms with van der Waals surface area (Å²) in [7, 11) is 0. The Hall–Kier alpha value is -4.35. The van der Waals surface area contributed by atoms with Crippen molar-refractivity contribution < 1.29 is 37.8 Å². The molecule has 0 spiro atoms. The van der Waals surface area contributed by atoms with Crippen LogP contribution in [0.15, 0.2) is 24.3 Å². The molecule has 12 heteroatoms. The summed E-state index contributed by atoms with van der Waals surface area (Å²) >= 11 is 0. The second-order valence-electron chi connectivity index (χ2n) is 11.3. The summed E-state index contributed by atoms with van der Waals surface area (Å²) in [5.74, 6) is -2.90. The third kappa shape index (κ3) is 7.19. The SMILES string of the molecule is CC(C)(C)OC(=O)CC[C@@H](C(N)=O)N1Cc2c(ccc(-c3ccc(C=O)c(NC(=O)OC(C)(C)C)n3)c2F)C1=O. The van der Waals surface area contributed by atoms with Gasteiger partial charge in [0.2, 0.25) is 5.91 Å². The van der Waals surface area contributed by atoms with Crippen molar-refractivity contribution in [2.75, 3.05) is 5.32 Å². The second kappa shape index (κ2) is 11.4. The topological polar surface area (TPSA) is 158 Å². The van der Waals surface area contributed by atoms with Gasteiger partial charge in [0, 0.05) is 23.1 Å². The fraction of sp³-hybridized carbons (Fsp3) is 0.429. The molecule has 2 aromatic rings. The fourth-order valence-electron chi connectivity index (χ4n) is 4.14. The third-order valence-electron chi connectivity index (χ3n) is 5.76. The zero-order chi connectivity index (χ0) is 30.0. The van der Waals surface area contributed by atoms with E-state index in [1.54, 1.807) is 41.5 Å². The van der Waals surface area contributed by atoms with Gasteiger partial charge in [0.15, 0.2) is 6.29 Å². The smallest absolute Gasteiger partial charge is 0.413 e. The van der Waals surface area contributed by atoms with Crippen LogP contribution in [0.5, 0.6) is 0 Å². The summed E-state index contributed by atoms with van der Waals surface area (Å²) in [6.45, 7) is 9.86. The van der Waals surface area contributed by atoms with Crippen LogP contribution in [-0.2, 0) is 25.6 Å². The molecule has 1 aromatic carbocycles. The molecule has 0 saturated carbocycles. The minimum Gasteiger partial charge on any atom is -0.460 e. The quantitative estimate of drug-likeness (QED) is 0.365. The molecule has 1 atom stereocenters. The van der Waals surface area contributed by atoms with Crippen LogP contribution in [0.25, 0.3) is 11.3 Å². The zero-order valence-corrected chi connectivity index (χ0v) is 23.3. The molecular formula is C28H33FN4O7. The van der Waals surface area contributed by atoms with Crippen molar-refractivity contribution in [1.29, 1.82) is 0 Å². The molecule has 0 aliphatic carbocycles. The maximum Gasteiger partial charge on any atom is 0.413 e. The number of halogens is 1. The second-order valence-corrected chi connectivity index (χ2v) is 11.3. The number of anilines is 1. The molecule has 0 bridgehead atoms. The number of amides is 3. The van der Waals surface area contributed by atoms with Crippen LogP contribution in [0.2, 0.25) is 0 Å². The van der Waals surface area contributed by atoms with Crippen molar-refractivity contribution >= 4 is 36.0 Å². The van der Waals surface area contributed by atoms with Crippen molar-refractivity contribution in [3.8, 4) is 11.3 Å². The van der Waals surface area contributed by atoms with Gasteiger partial charge in [-0.05, 0) is 72.2 Å². The number of nitrogens with zero attached hydrogens (tertiary/aromatic N) is 2. The highest BCUT2D eigenvalue weighted by molar-refractivity contribution is 6.01. The van der Waals surface area contributed by atoms with Crippen LogP contribution in [-0.4, -0.2) is 57.3 Å². The molecule has 0 fully saturated rings. The lowest BCUT2D eigenvalue weighted by molar-refractivity contribution is -0.155. The molecule has 0 radical (unpaired) electrons. The van der Waals surface area contributed by atoms with Crippen LogP contribution in [0, 0.1) is 5.82 Å². The molecule has 40 heavy (non-hydrogen) atoms. The standard InChI is InChI=1S/C28H33FN4O7/c1-27(2,3)39-21(35)12-11-20(23(30)36)33-13-18-16(25(33)37)8-9-17(22(18)29)19-10-7-15(14-34)24(31-19)32-26(38)40-28(4,5)6/h7-10,14,20H,11-13H2,1-6H3,(H2,30,36)(H,31,32,38)/t20-/m0/s1. The summed E-state index contributed by atoms with van der Waals surface area (Å²) in [6.07, 6.45) is -0.619. The highest BCUT2D eigenvalue weighted by atomic mass is 19.1. The molecule has 0 saturated heterocycles. The molecule has 2 heterocycles. The number of hydrogen-bond donors (Lipinski definition) is 2. The van der Waals surface area contributed by atoms with E-state index in [9.17, 15) is 24.0 Å². The number of benzene rings is 1. The molecule has 11 nitrogen and oxygen atoms in total. The van der Waals surface area contributed by atoms with Gasteiger partial charge in [-0.25, -0.2) is 14.2 Å². The average molecular weight is 557 g/mol. The number of aldehydes is 1. The summed E-state index contributed by atoms with van der Waals surface area (Å²) < 4.78 is 26.2. The summed E-state index contributed by atoms with van der Waals surface area (Å²) in [5.41, 5.74) is 4.22. The Bertz CT molecular complexity index is 1360. The Kier molecular flexibility index (Phi) is 8.61. The minimum absolute atomic E-state index is 0.00228. The van der Waals surface area contributed by atoms with Crippen molar-refractivity contribution in [3.63, 3.8) is 0 Å². The Morgan fingerprint density at radius 1 is 1.07 bits per heavy atom. The summed E-state index contributed by atoms with van der Waals surface area (Å²) in [6, 6.07) is 4.35. The Morgan fingerprint density at radius 3 is 2.27 bits per heavy atom. The molecule has 1 aliphatic rings. The first kappa shape index (κ1) is 30.2. The van der Waals surface area contributed by atoms with Crippen molar-refractivity contribution in [2.24, 2.45) is 5.73 Å². The highest BCUT2D eigenvalue weighted by Crippen LogP contribution is 2.34. The Morgan fingerprint density at radius 2 is 1.70 bits per heavy atom. The predicted octanol–water partition coefficient (Wildman–Crippen LogP) is 3.98. The van der Waals surface area contributed by atoms with Crippen LogP contribution < -0.4 is 11.1 Å². The number of fused-ring (bicyclic) bond motifs is 1. The van der Waals surface area contributed by atoms with Gasteiger partial charge in [-0.3, -0.25) is 24.5 Å². The highest BCUT2D eigenvalue weighted by Gasteiger charge is 2.38. The average Bonchev–Trinajstić information content (AvgIpc) is 3.14. The van der Waals surface area contributed by atoms with Crippen molar-refractivity contribution in [2.45, 2.75) is 78.2 Å². The van der Waals surface area contributed by atoms with Crippen LogP contribution in [0.3, 0.4) is 0 Å². The first-order valence-electron chi connectivity index (χ1n) is 12.6. The monoisotopic (exact) mass is 556 g/mol. The molecule has 1 aromatic heterocycles. The number of aromatic nitrogens is 1. The lowest BCUT2D eigenvalue weighted by atomic mass is 10.0. The molecule has 0 unspecified atom stereocenters. The van der Waals surface area contributed by atoms with Gasteiger partial charge in [0.25, 0.3) is 5.91 Å². The van der Waals surface area contributed by atoms with Gasteiger partial charge in [0.1, 0.15) is 28.9 Å². The van der Waals surface area contributed by atoms with E-state index in [1.165, 1.54) is 24.3 Å². The number of primary amides is 1. The number of esters is 1. The van der Waals surface area contributed by atoms with E-state index in [4.69, 9.17) is 15.2 Å². The molecule has 3 rings (SSSR count). The number of carbonyl (C=O) groups is 5. The van der Waals surface area contributed by atoms with E-state index >= 15 is 4.39 Å². The number of ether oxygens (including phenoxy) is 2. The van der Waals surface area contributed by atoms with E-state index in [0.717, 1.165) is 4.90 Å². The van der Waals surface area contributed by atoms with Crippen LogP contribution in [0.1, 0.15) is 80.7 Å². The maximum absolute atomic E-state index is 15.8.